The molecule has 166 valence electrons. The summed E-state index contributed by atoms with van der Waals surface area (Å²) in [4.78, 5) is 27.9. The summed E-state index contributed by atoms with van der Waals surface area (Å²) in [6, 6.07) is 12.3. The number of aryl methyl sites for hydroxylation is 1. The standard InChI is InChI=1S/C22H17F4N3O3/c1-13-10-17(28-21(31)29-19(30)15-8-5-9-16(23)11-15)12-27-20(13)32-18(22(24,25)26)14-6-3-2-4-7-14/h2-12,18H,1H3,(H2,28,29,30,31). The van der Waals surface area contributed by atoms with Crippen molar-refractivity contribution in [2.75, 3.05) is 5.32 Å². The molecule has 3 rings (SSSR count). The van der Waals surface area contributed by atoms with Gasteiger partial charge in [0.1, 0.15) is 5.82 Å². The van der Waals surface area contributed by atoms with Crippen LogP contribution in [0.2, 0.25) is 0 Å². The van der Waals surface area contributed by atoms with E-state index in [4.69, 9.17) is 4.74 Å². The number of ether oxygens (including phenoxy) is 1. The lowest BCUT2D eigenvalue weighted by atomic mass is 10.1. The number of nitrogens with one attached hydrogen (secondary N) is 2. The van der Waals surface area contributed by atoms with Crippen LogP contribution in [0.1, 0.15) is 27.6 Å². The maximum atomic E-state index is 13.5. The highest BCUT2D eigenvalue weighted by Crippen LogP contribution is 2.37. The molecule has 2 N–H and O–H groups in total. The number of aromatic nitrogens is 1. The van der Waals surface area contributed by atoms with Gasteiger partial charge in [-0.25, -0.2) is 14.2 Å². The van der Waals surface area contributed by atoms with E-state index in [1.807, 2.05) is 5.32 Å². The molecule has 0 aliphatic heterocycles. The molecule has 1 aromatic heterocycles. The van der Waals surface area contributed by atoms with Crippen molar-refractivity contribution < 1.29 is 31.9 Å². The predicted molar refractivity (Wildman–Crippen MR) is 108 cm³/mol. The number of rotatable bonds is 5. The molecule has 0 bridgehead atoms. The zero-order valence-electron chi connectivity index (χ0n) is 16.6. The van der Waals surface area contributed by atoms with Crippen LogP contribution in [0.3, 0.4) is 0 Å². The van der Waals surface area contributed by atoms with E-state index in [9.17, 15) is 27.2 Å². The second-order valence-electron chi connectivity index (χ2n) is 6.71. The summed E-state index contributed by atoms with van der Waals surface area (Å²) in [5.74, 6) is -1.73. The Morgan fingerprint density at radius 3 is 2.38 bits per heavy atom. The third kappa shape index (κ3) is 5.81. The molecule has 0 aliphatic rings. The maximum absolute atomic E-state index is 13.5. The Kier molecular flexibility index (Phi) is 6.72. The molecule has 32 heavy (non-hydrogen) atoms. The van der Waals surface area contributed by atoms with E-state index < -0.39 is 30.0 Å². The summed E-state index contributed by atoms with van der Waals surface area (Å²) in [5.41, 5.74) is 0.197. The van der Waals surface area contributed by atoms with Crippen LogP contribution in [0, 0.1) is 12.7 Å². The highest BCUT2D eigenvalue weighted by molar-refractivity contribution is 6.07. The van der Waals surface area contributed by atoms with E-state index in [0.29, 0.717) is 0 Å². The highest BCUT2D eigenvalue weighted by Gasteiger charge is 2.43. The zero-order valence-corrected chi connectivity index (χ0v) is 16.6. The number of pyridine rings is 1. The maximum Gasteiger partial charge on any atom is 0.429 e. The lowest BCUT2D eigenvalue weighted by Crippen LogP contribution is -2.34. The lowest BCUT2D eigenvalue weighted by Gasteiger charge is -2.22. The largest absolute Gasteiger partial charge is 0.460 e. The van der Waals surface area contributed by atoms with E-state index in [0.717, 1.165) is 18.3 Å². The molecule has 2 aromatic carbocycles. The summed E-state index contributed by atoms with van der Waals surface area (Å²) in [7, 11) is 0. The number of alkyl halides is 3. The molecule has 6 nitrogen and oxygen atoms in total. The molecule has 0 saturated heterocycles. The van der Waals surface area contributed by atoms with Crippen LogP contribution in [0.15, 0.2) is 66.9 Å². The molecule has 10 heteroatoms. The first-order valence-corrected chi connectivity index (χ1v) is 9.26. The van der Waals surface area contributed by atoms with Gasteiger partial charge in [0.25, 0.3) is 5.91 Å². The minimum atomic E-state index is -4.68. The van der Waals surface area contributed by atoms with Gasteiger partial charge in [-0.15, -0.1) is 0 Å². The number of hydrogen-bond acceptors (Lipinski definition) is 4. The number of amides is 3. The Balaban J connectivity index is 1.69. The van der Waals surface area contributed by atoms with Gasteiger partial charge in [0.2, 0.25) is 12.0 Å². The van der Waals surface area contributed by atoms with E-state index in [1.54, 1.807) is 6.07 Å². The van der Waals surface area contributed by atoms with E-state index >= 15 is 0 Å². The minimum absolute atomic E-state index is 0.0580. The quantitative estimate of drug-likeness (QED) is 0.529. The summed E-state index contributed by atoms with van der Waals surface area (Å²) < 4.78 is 58.8. The summed E-state index contributed by atoms with van der Waals surface area (Å²) >= 11 is 0. The van der Waals surface area contributed by atoms with Gasteiger partial charge in [-0.2, -0.15) is 13.2 Å². The number of halogens is 4. The predicted octanol–water partition coefficient (Wildman–Crippen LogP) is 5.17. The molecular formula is C22H17F4N3O3. The number of urea groups is 1. The lowest BCUT2D eigenvalue weighted by molar-refractivity contribution is -0.198. The summed E-state index contributed by atoms with van der Waals surface area (Å²) in [6.45, 7) is 1.46. The number of benzene rings is 2. The van der Waals surface area contributed by atoms with Crippen LogP contribution in [-0.4, -0.2) is 23.1 Å². The second-order valence-corrected chi connectivity index (χ2v) is 6.71. The smallest absolute Gasteiger partial charge is 0.429 e. The summed E-state index contributed by atoms with van der Waals surface area (Å²) in [5, 5.41) is 4.35. The Morgan fingerprint density at radius 2 is 1.75 bits per heavy atom. The molecule has 3 aromatic rings. The second kappa shape index (κ2) is 9.46. The van der Waals surface area contributed by atoms with Crippen molar-refractivity contribution in [2.24, 2.45) is 0 Å². The van der Waals surface area contributed by atoms with E-state index in [-0.39, 0.29) is 28.3 Å². The van der Waals surface area contributed by atoms with Gasteiger partial charge in [0, 0.05) is 16.7 Å². The first-order valence-electron chi connectivity index (χ1n) is 9.26. The fourth-order valence-electron chi connectivity index (χ4n) is 2.78. The van der Waals surface area contributed by atoms with Crippen LogP contribution in [0.25, 0.3) is 0 Å². The molecule has 0 radical (unpaired) electrons. The van der Waals surface area contributed by atoms with Crippen LogP contribution in [0.4, 0.5) is 28.0 Å². The van der Waals surface area contributed by atoms with Crippen molar-refractivity contribution in [3.05, 3.63) is 89.4 Å². The van der Waals surface area contributed by atoms with Gasteiger partial charge in [-0.1, -0.05) is 36.4 Å². The number of anilines is 1. The molecule has 0 aliphatic carbocycles. The van der Waals surface area contributed by atoms with Crippen LogP contribution < -0.4 is 15.4 Å². The molecule has 1 unspecified atom stereocenters. The third-order valence-electron chi connectivity index (χ3n) is 4.23. The Labute approximate surface area is 180 Å². The third-order valence-corrected chi connectivity index (χ3v) is 4.23. The number of carbonyl (C=O) groups excluding carboxylic acids is 2. The van der Waals surface area contributed by atoms with Gasteiger partial charge < -0.3 is 10.1 Å². The number of nitrogens with zero attached hydrogens (tertiary/aromatic N) is 1. The Morgan fingerprint density at radius 1 is 1.03 bits per heavy atom. The zero-order chi connectivity index (χ0) is 23.3. The van der Waals surface area contributed by atoms with Crippen molar-refractivity contribution in [3.8, 4) is 5.88 Å². The van der Waals surface area contributed by atoms with Crippen molar-refractivity contribution >= 4 is 17.6 Å². The monoisotopic (exact) mass is 447 g/mol. The van der Waals surface area contributed by atoms with Gasteiger partial charge in [0.05, 0.1) is 11.9 Å². The van der Waals surface area contributed by atoms with Crippen molar-refractivity contribution in [1.82, 2.24) is 10.3 Å². The Hall–Kier alpha value is -3.95. The van der Waals surface area contributed by atoms with Crippen molar-refractivity contribution in [1.29, 1.82) is 0 Å². The first kappa shape index (κ1) is 22.7. The normalized spacial score (nSPS) is 12.0. The molecular weight excluding hydrogens is 430 g/mol. The van der Waals surface area contributed by atoms with Crippen LogP contribution >= 0.6 is 0 Å². The van der Waals surface area contributed by atoms with E-state index in [2.05, 4.69) is 10.3 Å². The molecule has 1 heterocycles. The topological polar surface area (TPSA) is 80.3 Å². The SMILES string of the molecule is Cc1cc(NC(=O)NC(=O)c2cccc(F)c2)cnc1OC(c1ccccc1)C(F)(F)F. The van der Waals surface area contributed by atoms with Gasteiger partial charge in [0.15, 0.2) is 0 Å². The highest BCUT2D eigenvalue weighted by atomic mass is 19.4. The number of hydrogen-bond donors (Lipinski definition) is 2. The average molecular weight is 447 g/mol. The van der Waals surface area contributed by atoms with Crippen molar-refractivity contribution in [3.63, 3.8) is 0 Å². The van der Waals surface area contributed by atoms with Gasteiger partial charge in [-0.3, -0.25) is 10.1 Å². The Bertz CT molecular complexity index is 1120. The van der Waals surface area contributed by atoms with Crippen LogP contribution in [0.5, 0.6) is 5.88 Å². The molecule has 0 saturated carbocycles. The number of carbonyl (C=O) groups is 2. The average Bonchev–Trinajstić information content (AvgIpc) is 2.73. The minimum Gasteiger partial charge on any atom is -0.460 e. The fraction of sp³-hybridized carbons (Fsp3) is 0.136. The summed E-state index contributed by atoms with van der Waals surface area (Å²) in [6.07, 6.45) is -5.81. The molecule has 0 spiro atoms. The van der Waals surface area contributed by atoms with Crippen molar-refractivity contribution in [2.45, 2.75) is 19.2 Å². The van der Waals surface area contributed by atoms with Gasteiger partial charge >= 0.3 is 12.2 Å². The molecule has 1 atom stereocenters. The molecule has 3 amide bonds. The fourth-order valence-corrected chi connectivity index (χ4v) is 2.78. The van der Waals surface area contributed by atoms with Gasteiger partial charge in [-0.05, 0) is 31.2 Å². The first-order chi connectivity index (χ1) is 15.1. The van der Waals surface area contributed by atoms with E-state index in [1.165, 1.54) is 49.4 Å². The molecule has 0 fully saturated rings. The van der Waals surface area contributed by atoms with Crippen LogP contribution in [-0.2, 0) is 0 Å². The number of imide groups is 1.